The molecule has 6 nitrogen and oxygen atoms in total. The van der Waals surface area contributed by atoms with Crippen molar-refractivity contribution in [1.29, 1.82) is 0 Å². The van der Waals surface area contributed by atoms with Crippen LogP contribution in [0.1, 0.15) is 46.1 Å². The van der Waals surface area contributed by atoms with E-state index in [4.69, 9.17) is 16.3 Å². The van der Waals surface area contributed by atoms with Crippen LogP contribution in [-0.4, -0.2) is 66.3 Å². The summed E-state index contributed by atoms with van der Waals surface area (Å²) in [5.74, 6) is 0.201. The summed E-state index contributed by atoms with van der Waals surface area (Å²) in [6, 6.07) is 0.901. The summed E-state index contributed by atoms with van der Waals surface area (Å²) in [5, 5.41) is 3.07. The number of anilines is 1. The molecule has 1 amide bonds. The maximum atomic E-state index is 12.8. The lowest BCUT2D eigenvalue weighted by atomic mass is 9.94. The number of ether oxygens (including phenoxy) is 1. The van der Waals surface area contributed by atoms with Gasteiger partial charge in [0, 0.05) is 50.4 Å². The second-order valence-corrected chi connectivity index (χ2v) is 9.89. The second-order valence-electron chi connectivity index (χ2n) is 9.48. The van der Waals surface area contributed by atoms with Crippen LogP contribution in [0, 0.1) is 5.92 Å². The molecule has 0 spiro atoms. The Bertz CT molecular complexity index is 803. The summed E-state index contributed by atoms with van der Waals surface area (Å²) >= 11 is 6.06. The van der Waals surface area contributed by atoms with Crippen LogP contribution < -0.4 is 10.2 Å². The molecule has 0 radical (unpaired) electrons. The first-order chi connectivity index (χ1) is 14.9. The van der Waals surface area contributed by atoms with E-state index in [0.29, 0.717) is 38.3 Å². The van der Waals surface area contributed by atoms with Gasteiger partial charge in [-0.15, -0.1) is 0 Å². The number of hydrogen-bond acceptors (Lipinski definition) is 5. The fourth-order valence-electron chi connectivity index (χ4n) is 4.40. The Kier molecular flexibility index (Phi) is 7.62. The van der Waals surface area contributed by atoms with Gasteiger partial charge in [0.15, 0.2) is 0 Å². The van der Waals surface area contributed by atoms with Crippen LogP contribution in [0.3, 0.4) is 0 Å². The molecule has 0 aliphatic carbocycles. The largest absolute Gasteiger partial charge is 0.417 e. The predicted molar refractivity (Wildman–Crippen MR) is 118 cm³/mol. The number of amides is 1. The van der Waals surface area contributed by atoms with E-state index in [1.54, 1.807) is 0 Å². The highest BCUT2D eigenvalue weighted by Crippen LogP contribution is 2.34. The van der Waals surface area contributed by atoms with Crippen molar-refractivity contribution in [3.63, 3.8) is 0 Å². The van der Waals surface area contributed by atoms with Gasteiger partial charge in [-0.1, -0.05) is 11.6 Å². The molecule has 10 heteroatoms. The van der Waals surface area contributed by atoms with Gasteiger partial charge in [-0.3, -0.25) is 9.69 Å². The molecule has 2 aliphatic heterocycles. The van der Waals surface area contributed by atoms with Gasteiger partial charge < -0.3 is 15.0 Å². The standard InChI is InChI=1S/C22H32ClF3N4O2/c1-14-11-30(12-15(2)32-14)21(3,4)13-28-20(31)16-5-7-29(8-6-16)19-18(23)9-17(10-27-19)22(24,25)26/h9-10,14-16H,5-8,11-13H2,1-4H3,(H,28,31). The zero-order chi connectivity index (χ0) is 23.7. The Morgan fingerprint density at radius 2 is 1.81 bits per heavy atom. The lowest BCUT2D eigenvalue weighted by Crippen LogP contribution is -2.59. The molecule has 0 bridgehead atoms. The second kappa shape index (κ2) is 9.73. The fraction of sp³-hybridized carbons (Fsp3) is 0.727. The van der Waals surface area contributed by atoms with Gasteiger partial charge in [0.2, 0.25) is 5.91 Å². The lowest BCUT2D eigenvalue weighted by Gasteiger charge is -2.45. The average Bonchev–Trinajstić information content (AvgIpc) is 2.71. The number of alkyl halides is 3. The molecular formula is C22H32ClF3N4O2. The number of carbonyl (C=O) groups is 1. The van der Waals surface area contributed by atoms with Gasteiger partial charge in [-0.2, -0.15) is 13.2 Å². The van der Waals surface area contributed by atoms with Crippen LogP contribution >= 0.6 is 11.6 Å². The molecule has 2 saturated heterocycles. The van der Waals surface area contributed by atoms with Crippen molar-refractivity contribution in [1.82, 2.24) is 15.2 Å². The lowest BCUT2D eigenvalue weighted by molar-refractivity contribution is -0.137. The van der Waals surface area contributed by atoms with Crippen LogP contribution in [-0.2, 0) is 15.7 Å². The molecule has 1 aromatic rings. The van der Waals surface area contributed by atoms with Crippen molar-refractivity contribution in [3.8, 4) is 0 Å². The summed E-state index contributed by atoms with van der Waals surface area (Å²) in [6.07, 6.45) is -2.18. The topological polar surface area (TPSA) is 57.7 Å². The Morgan fingerprint density at radius 1 is 1.22 bits per heavy atom. The van der Waals surface area contributed by atoms with Crippen molar-refractivity contribution in [3.05, 3.63) is 22.8 Å². The van der Waals surface area contributed by atoms with Gasteiger partial charge in [-0.05, 0) is 46.6 Å². The molecule has 3 heterocycles. The van der Waals surface area contributed by atoms with Crippen molar-refractivity contribution in [2.45, 2.75) is 64.5 Å². The predicted octanol–water partition coefficient (Wildman–Crippen LogP) is 3.97. The Hall–Kier alpha value is -1.58. The first-order valence-corrected chi connectivity index (χ1v) is 11.4. The number of halogens is 4. The molecule has 0 saturated carbocycles. The van der Waals surface area contributed by atoms with E-state index in [1.165, 1.54) is 0 Å². The number of pyridine rings is 1. The van der Waals surface area contributed by atoms with Gasteiger partial charge in [0.1, 0.15) is 5.82 Å². The third kappa shape index (κ3) is 6.05. The number of nitrogens with one attached hydrogen (secondary N) is 1. The van der Waals surface area contributed by atoms with Crippen LogP contribution in [0.5, 0.6) is 0 Å². The molecule has 180 valence electrons. The van der Waals surface area contributed by atoms with E-state index in [-0.39, 0.29) is 34.6 Å². The van der Waals surface area contributed by atoms with E-state index < -0.39 is 11.7 Å². The highest BCUT2D eigenvalue weighted by Gasteiger charge is 2.35. The number of morpholine rings is 1. The molecule has 2 atom stereocenters. The summed E-state index contributed by atoms with van der Waals surface area (Å²) in [4.78, 5) is 20.9. The van der Waals surface area contributed by atoms with Gasteiger partial charge in [0.05, 0.1) is 22.8 Å². The highest BCUT2D eigenvalue weighted by molar-refractivity contribution is 6.33. The van der Waals surface area contributed by atoms with E-state index in [1.807, 2.05) is 4.90 Å². The van der Waals surface area contributed by atoms with Crippen LogP contribution in [0.25, 0.3) is 0 Å². The molecule has 0 aromatic carbocycles. The smallest absolute Gasteiger partial charge is 0.373 e. The molecular weight excluding hydrogens is 445 g/mol. The molecule has 3 rings (SSSR count). The SMILES string of the molecule is CC1CN(C(C)(C)CNC(=O)C2CCN(c3ncc(C(F)(F)F)cc3Cl)CC2)CC(C)O1. The zero-order valence-corrected chi connectivity index (χ0v) is 19.8. The van der Waals surface area contributed by atoms with Crippen molar-refractivity contribution in [2.75, 3.05) is 37.6 Å². The number of piperidine rings is 1. The molecule has 2 unspecified atom stereocenters. The molecule has 1 N–H and O–H groups in total. The Labute approximate surface area is 192 Å². The van der Waals surface area contributed by atoms with Gasteiger partial charge >= 0.3 is 6.18 Å². The Balaban J connectivity index is 1.51. The van der Waals surface area contributed by atoms with Gasteiger partial charge in [-0.25, -0.2) is 4.98 Å². The third-order valence-electron chi connectivity index (χ3n) is 6.29. The number of carbonyl (C=O) groups excluding carboxylic acids is 1. The van der Waals surface area contributed by atoms with Crippen molar-refractivity contribution >= 4 is 23.3 Å². The number of nitrogens with zero attached hydrogens (tertiary/aromatic N) is 3. The molecule has 2 fully saturated rings. The van der Waals surface area contributed by atoms with Crippen molar-refractivity contribution in [2.24, 2.45) is 5.92 Å². The van der Waals surface area contributed by atoms with E-state index in [2.05, 4.69) is 42.9 Å². The minimum atomic E-state index is -4.48. The summed E-state index contributed by atoms with van der Waals surface area (Å²) in [5.41, 5.74) is -1.06. The highest BCUT2D eigenvalue weighted by atomic mass is 35.5. The monoisotopic (exact) mass is 476 g/mol. The third-order valence-corrected chi connectivity index (χ3v) is 6.56. The quantitative estimate of drug-likeness (QED) is 0.696. The molecule has 1 aromatic heterocycles. The maximum absolute atomic E-state index is 12.8. The van der Waals surface area contributed by atoms with Crippen LogP contribution in [0.15, 0.2) is 12.3 Å². The van der Waals surface area contributed by atoms with E-state index in [0.717, 1.165) is 25.4 Å². The minimum Gasteiger partial charge on any atom is -0.373 e. The molecule has 32 heavy (non-hydrogen) atoms. The van der Waals surface area contributed by atoms with E-state index in [9.17, 15) is 18.0 Å². The summed E-state index contributed by atoms with van der Waals surface area (Å²) < 4.78 is 44.3. The minimum absolute atomic E-state index is 0.0126. The van der Waals surface area contributed by atoms with Crippen LogP contribution in [0.2, 0.25) is 5.02 Å². The van der Waals surface area contributed by atoms with E-state index >= 15 is 0 Å². The fourth-order valence-corrected chi connectivity index (χ4v) is 4.69. The summed E-state index contributed by atoms with van der Waals surface area (Å²) in [6.45, 7) is 11.6. The maximum Gasteiger partial charge on any atom is 0.417 e. The van der Waals surface area contributed by atoms with Crippen molar-refractivity contribution < 1.29 is 22.7 Å². The molecule has 2 aliphatic rings. The number of aromatic nitrogens is 1. The van der Waals surface area contributed by atoms with Crippen LogP contribution in [0.4, 0.5) is 19.0 Å². The average molecular weight is 477 g/mol. The summed E-state index contributed by atoms with van der Waals surface area (Å²) in [7, 11) is 0. The number of hydrogen-bond donors (Lipinski definition) is 1. The first kappa shape index (κ1) is 25.1. The number of rotatable bonds is 5. The first-order valence-electron chi connectivity index (χ1n) is 11.0. The normalized spacial score (nSPS) is 23.9. The van der Waals surface area contributed by atoms with Gasteiger partial charge in [0.25, 0.3) is 0 Å². The zero-order valence-electron chi connectivity index (χ0n) is 19.0. The Morgan fingerprint density at radius 3 is 2.34 bits per heavy atom.